The fraction of sp³-hybridized carbons (Fsp3) is 0.677. The van der Waals surface area contributed by atoms with E-state index in [0.717, 1.165) is 30.9 Å². The first kappa shape index (κ1) is 48.0. The molecule has 0 fully saturated rings. The van der Waals surface area contributed by atoms with Gasteiger partial charge in [0.05, 0.1) is 65.4 Å². The van der Waals surface area contributed by atoms with Crippen LogP contribution in [0.3, 0.4) is 0 Å². The molecule has 0 saturated heterocycles. The summed E-state index contributed by atoms with van der Waals surface area (Å²) in [5.74, 6) is -5.02. The Labute approximate surface area is 299 Å². The van der Waals surface area contributed by atoms with E-state index in [1.54, 1.807) is 0 Å². The fourth-order valence-corrected chi connectivity index (χ4v) is 3.59. The minimum atomic E-state index is -0.684. The Bertz CT molecular complexity index is 1220. The van der Waals surface area contributed by atoms with Crippen molar-refractivity contribution in [3.8, 4) is 0 Å². The van der Waals surface area contributed by atoms with Crippen LogP contribution in [0.2, 0.25) is 0 Å². The number of hydrogen-bond donors (Lipinski definition) is 4. The Morgan fingerprint density at radius 3 is 1.06 bits per heavy atom. The van der Waals surface area contributed by atoms with Crippen molar-refractivity contribution in [2.75, 3.05) is 114 Å². The lowest BCUT2D eigenvalue weighted by Crippen LogP contribution is -2.48. The third kappa shape index (κ3) is 21.5. The maximum absolute atomic E-state index is 12.6. The molecule has 290 valence electrons. The molecule has 51 heavy (non-hydrogen) atoms. The van der Waals surface area contributed by atoms with E-state index in [4.69, 9.17) is 0 Å². The molecule has 9 amide bonds. The molecule has 0 atom stereocenters. The standard InChI is InChI=1S/C29H50N10O10.C2H6/c1-8-9-30-12-24(44)37(5)18-27(47)35(3)16-22(42)32-14-26(46)39(7)20-29(49)36(4)17-23(43)33-13-25(45)38(6)19-28(48)34(2)15-21(41)31-10-11-40;1-2/h11,30H,8-10,12-20H2,1-7H3,(H,31,41)(H,32,42)(H,33,43);1-2H3. The Morgan fingerprint density at radius 2 is 0.745 bits per heavy atom. The summed E-state index contributed by atoms with van der Waals surface area (Å²) >= 11 is 0. The van der Waals surface area contributed by atoms with Crippen molar-refractivity contribution in [1.82, 2.24) is 50.7 Å². The quantitative estimate of drug-likeness (QED) is 0.0611. The highest BCUT2D eigenvalue weighted by Gasteiger charge is 2.22. The summed E-state index contributed by atoms with van der Waals surface area (Å²) in [6.45, 7) is 3.42. The molecule has 0 aliphatic carbocycles. The largest absolute Gasteiger partial charge is 0.348 e. The van der Waals surface area contributed by atoms with Gasteiger partial charge in [0.1, 0.15) is 6.29 Å². The number of nitrogens with zero attached hydrogens (tertiary/aromatic N) is 6. The third-order valence-corrected chi connectivity index (χ3v) is 6.77. The summed E-state index contributed by atoms with van der Waals surface area (Å²) in [6, 6.07) is 0. The zero-order valence-corrected chi connectivity index (χ0v) is 31.3. The average molecular weight is 729 g/mol. The van der Waals surface area contributed by atoms with E-state index in [9.17, 15) is 47.9 Å². The summed E-state index contributed by atoms with van der Waals surface area (Å²) in [5.41, 5.74) is 0. The molecule has 20 heteroatoms. The van der Waals surface area contributed by atoms with Crippen molar-refractivity contribution in [3.63, 3.8) is 0 Å². The van der Waals surface area contributed by atoms with Crippen molar-refractivity contribution in [2.45, 2.75) is 27.2 Å². The minimum Gasteiger partial charge on any atom is -0.348 e. The van der Waals surface area contributed by atoms with E-state index >= 15 is 0 Å². The van der Waals surface area contributed by atoms with Gasteiger partial charge in [-0.05, 0) is 13.0 Å². The van der Waals surface area contributed by atoms with E-state index in [2.05, 4.69) is 21.3 Å². The van der Waals surface area contributed by atoms with Crippen molar-refractivity contribution < 1.29 is 47.9 Å². The first-order chi connectivity index (χ1) is 23.9. The van der Waals surface area contributed by atoms with Gasteiger partial charge in [-0.15, -0.1) is 0 Å². The van der Waals surface area contributed by atoms with Gasteiger partial charge in [0.15, 0.2) is 0 Å². The second-order valence-corrected chi connectivity index (χ2v) is 11.2. The van der Waals surface area contributed by atoms with Gasteiger partial charge in [-0.25, -0.2) is 0 Å². The maximum Gasteiger partial charge on any atom is 0.242 e. The first-order valence-corrected chi connectivity index (χ1v) is 16.3. The summed E-state index contributed by atoms with van der Waals surface area (Å²) < 4.78 is 0. The molecule has 0 aromatic heterocycles. The van der Waals surface area contributed by atoms with Crippen LogP contribution in [0.4, 0.5) is 0 Å². The molecule has 0 aromatic rings. The SMILES string of the molecule is CC.CCCNCC(=O)N(C)CC(=O)N(C)CC(=O)NCC(=O)N(C)CC(=O)N(C)CC(=O)NCC(=O)N(C)CC(=O)N(C)CC(=O)NCC=O. The summed E-state index contributed by atoms with van der Waals surface area (Å²) in [5, 5.41) is 9.94. The Hall–Kier alpha value is -5.14. The van der Waals surface area contributed by atoms with Gasteiger partial charge in [-0.2, -0.15) is 0 Å². The summed E-state index contributed by atoms with van der Waals surface area (Å²) in [7, 11) is 8.17. The Balaban J connectivity index is 0. The number of likely N-dealkylation sites (N-methyl/N-ethyl adjacent to an activating group) is 6. The van der Waals surface area contributed by atoms with Gasteiger partial charge < -0.3 is 55.5 Å². The number of carbonyl (C=O) groups is 10. The number of aldehydes is 1. The third-order valence-electron chi connectivity index (χ3n) is 6.77. The monoisotopic (exact) mass is 728 g/mol. The van der Waals surface area contributed by atoms with Crippen LogP contribution < -0.4 is 21.3 Å². The minimum absolute atomic E-state index is 0.0855. The number of nitrogens with one attached hydrogen (secondary N) is 4. The van der Waals surface area contributed by atoms with Crippen LogP contribution in [0.1, 0.15) is 27.2 Å². The van der Waals surface area contributed by atoms with Crippen LogP contribution in [0, 0.1) is 0 Å². The highest BCUT2D eigenvalue weighted by atomic mass is 16.2. The molecule has 0 aliphatic rings. The lowest BCUT2D eigenvalue weighted by Gasteiger charge is -2.23. The highest BCUT2D eigenvalue weighted by Crippen LogP contribution is 1.95. The molecule has 0 radical (unpaired) electrons. The van der Waals surface area contributed by atoms with Gasteiger partial charge in [0, 0.05) is 42.3 Å². The smallest absolute Gasteiger partial charge is 0.242 e. The Kier molecular flexibility index (Phi) is 25.1. The van der Waals surface area contributed by atoms with Crippen molar-refractivity contribution >= 4 is 59.5 Å². The normalized spacial score (nSPS) is 9.90. The van der Waals surface area contributed by atoms with Crippen LogP contribution >= 0.6 is 0 Å². The average Bonchev–Trinajstić information content (AvgIpc) is 3.08. The van der Waals surface area contributed by atoms with E-state index in [1.807, 2.05) is 20.8 Å². The zero-order valence-electron chi connectivity index (χ0n) is 31.3. The van der Waals surface area contributed by atoms with Crippen LogP contribution in [0.25, 0.3) is 0 Å². The highest BCUT2D eigenvalue weighted by molar-refractivity contribution is 5.93. The first-order valence-electron chi connectivity index (χ1n) is 16.3. The molecular formula is C31H56N10O10. The zero-order chi connectivity index (χ0) is 39.7. The molecule has 4 N–H and O–H groups in total. The van der Waals surface area contributed by atoms with Gasteiger partial charge in [-0.3, -0.25) is 43.2 Å². The van der Waals surface area contributed by atoms with Gasteiger partial charge >= 0.3 is 0 Å². The lowest BCUT2D eigenvalue weighted by molar-refractivity contribution is -0.141. The van der Waals surface area contributed by atoms with E-state index in [-0.39, 0.29) is 45.2 Å². The molecule has 0 spiro atoms. The van der Waals surface area contributed by atoms with E-state index in [0.29, 0.717) is 12.8 Å². The topological polar surface area (TPSA) is 238 Å². The maximum atomic E-state index is 12.6. The van der Waals surface area contributed by atoms with Crippen molar-refractivity contribution in [3.05, 3.63) is 0 Å². The van der Waals surface area contributed by atoms with Gasteiger partial charge in [-0.1, -0.05) is 20.8 Å². The number of hydrogen-bond acceptors (Lipinski definition) is 11. The van der Waals surface area contributed by atoms with Crippen LogP contribution in [-0.4, -0.2) is 203 Å². The molecular weight excluding hydrogens is 672 g/mol. The fourth-order valence-electron chi connectivity index (χ4n) is 3.59. The van der Waals surface area contributed by atoms with Crippen molar-refractivity contribution in [1.29, 1.82) is 0 Å². The second-order valence-electron chi connectivity index (χ2n) is 11.2. The summed E-state index contributed by atoms with van der Waals surface area (Å²) in [4.78, 5) is 127. The lowest BCUT2D eigenvalue weighted by atomic mass is 10.4. The molecule has 0 aromatic carbocycles. The molecule has 0 heterocycles. The Morgan fingerprint density at radius 1 is 0.451 bits per heavy atom. The number of carbonyl (C=O) groups excluding carboxylic acids is 10. The van der Waals surface area contributed by atoms with Crippen LogP contribution in [-0.2, 0) is 47.9 Å². The van der Waals surface area contributed by atoms with Gasteiger partial charge in [0.25, 0.3) is 0 Å². The van der Waals surface area contributed by atoms with Crippen LogP contribution in [0.15, 0.2) is 0 Å². The van der Waals surface area contributed by atoms with Gasteiger partial charge in [0.2, 0.25) is 53.2 Å². The van der Waals surface area contributed by atoms with E-state index < -0.39 is 73.4 Å². The second kappa shape index (κ2) is 26.7. The summed E-state index contributed by atoms with van der Waals surface area (Å²) in [6.07, 6.45) is 1.35. The predicted molar refractivity (Wildman–Crippen MR) is 185 cm³/mol. The molecule has 0 rings (SSSR count). The van der Waals surface area contributed by atoms with Crippen molar-refractivity contribution in [2.24, 2.45) is 0 Å². The van der Waals surface area contributed by atoms with Crippen LogP contribution in [0.5, 0.6) is 0 Å². The molecule has 0 bridgehead atoms. The molecule has 0 saturated carbocycles. The number of rotatable bonds is 22. The molecule has 0 aliphatic heterocycles. The van der Waals surface area contributed by atoms with E-state index in [1.165, 1.54) is 47.2 Å². The molecule has 20 nitrogen and oxygen atoms in total. The molecule has 0 unspecified atom stereocenters. The predicted octanol–water partition coefficient (Wildman–Crippen LogP) is -4.69. The number of amides is 9.